The van der Waals surface area contributed by atoms with Crippen LogP contribution in [0.25, 0.3) is 22.5 Å². The number of fused-ring (bicyclic) bond motifs is 1. The first-order valence-electron chi connectivity index (χ1n) is 14.2. The Balaban J connectivity index is 1.43. The number of nitrogens with one attached hydrogen (secondary N) is 3. The van der Waals surface area contributed by atoms with E-state index < -0.39 is 6.04 Å². The molecule has 0 radical (unpaired) electrons. The lowest BCUT2D eigenvalue weighted by atomic mass is 9.96. The molecule has 0 saturated carbocycles. The summed E-state index contributed by atoms with van der Waals surface area (Å²) in [6.45, 7) is 7.30. The van der Waals surface area contributed by atoms with Crippen LogP contribution >= 0.6 is 0 Å². The Morgan fingerprint density at radius 2 is 1.83 bits per heavy atom. The number of benzene rings is 3. The van der Waals surface area contributed by atoms with E-state index in [-0.39, 0.29) is 17.4 Å². The minimum atomic E-state index is -0.614. The van der Waals surface area contributed by atoms with Gasteiger partial charge in [0.25, 0.3) is 0 Å². The van der Waals surface area contributed by atoms with Gasteiger partial charge in [-0.25, -0.2) is 0 Å². The molecule has 212 valence electrons. The molecule has 0 fully saturated rings. The smallest absolute Gasteiger partial charge is 0.249 e. The van der Waals surface area contributed by atoms with Crippen molar-refractivity contribution in [2.45, 2.75) is 64.6 Å². The van der Waals surface area contributed by atoms with Gasteiger partial charge in [0, 0.05) is 23.2 Å². The molecule has 0 saturated heterocycles. The number of H-pyrrole nitrogens is 1. The van der Waals surface area contributed by atoms with Crippen molar-refractivity contribution >= 4 is 17.5 Å². The second-order valence-electron chi connectivity index (χ2n) is 11.2. The van der Waals surface area contributed by atoms with Crippen LogP contribution in [0.1, 0.15) is 51.2 Å². The fourth-order valence-corrected chi connectivity index (χ4v) is 5.39. The van der Waals surface area contributed by atoms with Crippen LogP contribution in [0.5, 0.6) is 0 Å². The van der Waals surface area contributed by atoms with Crippen molar-refractivity contribution in [3.63, 3.8) is 0 Å². The molecule has 0 aliphatic carbocycles. The quantitative estimate of drug-likeness (QED) is 0.264. The Hall–Kier alpha value is -4.37. The summed E-state index contributed by atoms with van der Waals surface area (Å²) in [7, 11) is 0. The molecule has 2 amide bonds. The lowest BCUT2D eigenvalue weighted by Gasteiger charge is -2.29. The Morgan fingerprint density at radius 1 is 1.05 bits per heavy atom. The van der Waals surface area contributed by atoms with Crippen LogP contribution in [0, 0.1) is 0 Å². The van der Waals surface area contributed by atoms with E-state index in [0.29, 0.717) is 31.6 Å². The first-order chi connectivity index (χ1) is 19.8. The van der Waals surface area contributed by atoms with E-state index in [1.807, 2.05) is 80.6 Å². The van der Waals surface area contributed by atoms with E-state index in [1.165, 1.54) is 0 Å². The molecule has 1 atom stereocenters. The fourth-order valence-electron chi connectivity index (χ4n) is 5.39. The zero-order valence-electron chi connectivity index (χ0n) is 23.9. The summed E-state index contributed by atoms with van der Waals surface area (Å²) in [4.78, 5) is 28.9. The predicted molar refractivity (Wildman–Crippen MR) is 160 cm³/mol. The Bertz CT molecular complexity index is 1490. The number of anilines is 1. The van der Waals surface area contributed by atoms with Crippen LogP contribution in [-0.2, 0) is 22.6 Å². The monoisotopic (exact) mass is 551 g/mol. The second-order valence-corrected chi connectivity index (χ2v) is 11.2. The molecule has 3 aromatic carbocycles. The number of amides is 2. The topological polar surface area (TPSA) is 116 Å². The van der Waals surface area contributed by atoms with Gasteiger partial charge in [0.05, 0.1) is 6.54 Å². The van der Waals surface area contributed by atoms with Crippen LogP contribution in [0.2, 0.25) is 0 Å². The summed E-state index contributed by atoms with van der Waals surface area (Å²) in [6, 6.07) is 23.5. The van der Waals surface area contributed by atoms with Crippen molar-refractivity contribution in [1.29, 1.82) is 0 Å². The number of carbonyl (C=O) groups is 2. The van der Waals surface area contributed by atoms with Gasteiger partial charge in [-0.2, -0.15) is 5.21 Å². The van der Waals surface area contributed by atoms with Crippen LogP contribution in [-0.4, -0.2) is 50.6 Å². The maximum Gasteiger partial charge on any atom is 0.249 e. The van der Waals surface area contributed by atoms with Gasteiger partial charge < -0.3 is 15.5 Å². The molecule has 1 aromatic heterocycles. The first kappa shape index (κ1) is 28.2. The highest BCUT2D eigenvalue weighted by Crippen LogP contribution is 2.33. The molecule has 1 aliphatic rings. The number of rotatable bonds is 10. The molecule has 0 bridgehead atoms. The lowest BCUT2D eigenvalue weighted by Crippen LogP contribution is -2.50. The van der Waals surface area contributed by atoms with Crippen LogP contribution in [0.15, 0.2) is 72.8 Å². The average molecular weight is 552 g/mol. The molecule has 1 aliphatic heterocycles. The summed E-state index contributed by atoms with van der Waals surface area (Å²) in [6.07, 6.45) is 2.52. The summed E-state index contributed by atoms with van der Waals surface area (Å²) in [5.74, 6) is 0.239. The van der Waals surface area contributed by atoms with Crippen molar-refractivity contribution in [2.75, 3.05) is 11.4 Å². The van der Waals surface area contributed by atoms with E-state index in [9.17, 15) is 9.59 Å². The second kappa shape index (κ2) is 12.4. The lowest BCUT2D eigenvalue weighted by molar-refractivity contribution is -0.128. The van der Waals surface area contributed by atoms with E-state index >= 15 is 0 Å². The molecule has 2 heterocycles. The number of tetrazole rings is 1. The molecule has 0 spiro atoms. The van der Waals surface area contributed by atoms with E-state index in [0.717, 1.165) is 46.5 Å². The third-order valence-electron chi connectivity index (χ3n) is 7.44. The maximum atomic E-state index is 14.0. The predicted octanol–water partition coefficient (Wildman–Crippen LogP) is 4.67. The minimum absolute atomic E-state index is 0.115. The molecule has 0 unspecified atom stereocenters. The Morgan fingerprint density at radius 3 is 2.59 bits per heavy atom. The molecule has 5 rings (SSSR count). The van der Waals surface area contributed by atoms with Crippen molar-refractivity contribution in [1.82, 2.24) is 31.3 Å². The molecule has 3 N–H and O–H groups in total. The fraction of sp³-hybridized carbons (Fsp3) is 0.344. The summed E-state index contributed by atoms with van der Waals surface area (Å²) >= 11 is 0. The van der Waals surface area contributed by atoms with Gasteiger partial charge >= 0.3 is 0 Å². The number of aryl methyl sites for hydroxylation is 1. The third-order valence-corrected chi connectivity index (χ3v) is 7.44. The van der Waals surface area contributed by atoms with Crippen LogP contribution < -0.4 is 15.5 Å². The SMILES string of the molecule is CCCNC(C)(C)CC(=O)N[C@@H]1CCc2ccccc2N(Cc2ccc(-c3ccccc3)c(-c3nn[nH]n3)c2)C1=O. The highest BCUT2D eigenvalue weighted by atomic mass is 16.2. The van der Waals surface area contributed by atoms with Crippen LogP contribution in [0.3, 0.4) is 0 Å². The van der Waals surface area contributed by atoms with Crippen molar-refractivity contribution < 1.29 is 9.59 Å². The third kappa shape index (κ3) is 6.69. The minimum Gasteiger partial charge on any atom is -0.344 e. The largest absolute Gasteiger partial charge is 0.344 e. The summed E-state index contributed by atoms with van der Waals surface area (Å²) in [5, 5.41) is 21.3. The number of aromatic nitrogens is 4. The number of hydrogen-bond donors (Lipinski definition) is 3. The summed E-state index contributed by atoms with van der Waals surface area (Å²) in [5.41, 5.74) is 5.35. The average Bonchev–Trinajstić information content (AvgIpc) is 3.48. The Kier molecular flexibility index (Phi) is 8.54. The highest BCUT2D eigenvalue weighted by Gasteiger charge is 2.32. The number of hydrogen-bond acceptors (Lipinski definition) is 6. The van der Waals surface area contributed by atoms with Crippen molar-refractivity contribution in [3.05, 3.63) is 83.9 Å². The molecule has 9 heteroatoms. The van der Waals surface area contributed by atoms with Gasteiger partial charge in [-0.3, -0.25) is 9.59 Å². The van der Waals surface area contributed by atoms with E-state index in [2.05, 4.69) is 44.2 Å². The van der Waals surface area contributed by atoms with Gasteiger partial charge in [-0.15, -0.1) is 10.2 Å². The zero-order valence-corrected chi connectivity index (χ0v) is 23.9. The van der Waals surface area contributed by atoms with Crippen molar-refractivity contribution in [2.24, 2.45) is 0 Å². The van der Waals surface area contributed by atoms with E-state index in [1.54, 1.807) is 4.90 Å². The first-order valence-corrected chi connectivity index (χ1v) is 14.2. The number of para-hydroxylation sites is 1. The van der Waals surface area contributed by atoms with Gasteiger partial charge in [0.2, 0.25) is 17.6 Å². The van der Waals surface area contributed by atoms with Gasteiger partial charge in [0.15, 0.2) is 0 Å². The van der Waals surface area contributed by atoms with Gasteiger partial charge in [0.1, 0.15) is 6.04 Å². The van der Waals surface area contributed by atoms with E-state index in [4.69, 9.17) is 0 Å². The van der Waals surface area contributed by atoms with Gasteiger partial charge in [-0.05, 0) is 79.3 Å². The molecule has 41 heavy (non-hydrogen) atoms. The normalized spacial score (nSPS) is 15.3. The zero-order chi connectivity index (χ0) is 28.8. The molecule has 4 aromatic rings. The number of nitrogens with zero attached hydrogens (tertiary/aromatic N) is 4. The van der Waals surface area contributed by atoms with Crippen molar-refractivity contribution in [3.8, 4) is 22.5 Å². The maximum absolute atomic E-state index is 14.0. The molecular formula is C32H37N7O2. The number of carbonyl (C=O) groups excluding carboxylic acids is 2. The number of aromatic amines is 1. The Labute approximate surface area is 240 Å². The molecule has 9 nitrogen and oxygen atoms in total. The standard InChI is InChI=1S/C32H37N7O2/c1-4-18-33-32(2,3)20-29(40)34-27-17-15-24-12-8-9-13-28(24)39(31(27)41)21-22-14-16-25(23-10-6-5-7-11-23)26(19-22)30-35-37-38-36-30/h5-14,16,19,27,33H,4,15,17-18,20-21H2,1-3H3,(H,34,40)(H,35,36,37,38)/t27-/m1/s1. The molecular weight excluding hydrogens is 514 g/mol. The highest BCUT2D eigenvalue weighted by molar-refractivity contribution is 6.00. The van der Waals surface area contributed by atoms with Crippen LogP contribution in [0.4, 0.5) is 5.69 Å². The summed E-state index contributed by atoms with van der Waals surface area (Å²) < 4.78 is 0. The van der Waals surface area contributed by atoms with Gasteiger partial charge in [-0.1, -0.05) is 67.6 Å².